The summed E-state index contributed by atoms with van der Waals surface area (Å²) in [5, 5.41) is 20.5. The average molecular weight is 1140 g/mol. The maximum atomic E-state index is 13.5. The number of ether oxygens (including phenoxy) is 4. The van der Waals surface area contributed by atoms with Gasteiger partial charge in [-0.25, -0.2) is 55.5 Å². The summed E-state index contributed by atoms with van der Waals surface area (Å²) >= 11 is 0. The van der Waals surface area contributed by atoms with Crippen LogP contribution in [0, 0.1) is 11.6 Å². The number of pyridine rings is 2. The molecular weight excluding hydrogens is 1080 g/mol. The first-order valence-electron chi connectivity index (χ1n) is 24.5. The Morgan fingerprint density at radius 3 is 1.16 bits per heavy atom. The zero-order valence-corrected chi connectivity index (χ0v) is 46.3. The predicted molar refractivity (Wildman–Crippen MR) is 287 cm³/mol. The van der Waals surface area contributed by atoms with Crippen molar-refractivity contribution in [2.24, 2.45) is 0 Å². The van der Waals surface area contributed by atoms with Crippen molar-refractivity contribution < 1.29 is 54.2 Å². The van der Waals surface area contributed by atoms with Crippen LogP contribution in [0.5, 0.6) is 23.0 Å². The molecular formula is C52H56F2N14O10S2. The van der Waals surface area contributed by atoms with E-state index in [1.165, 1.54) is 51.4 Å². The second-order valence-electron chi connectivity index (χ2n) is 17.4. The number of para-hydroxylation sites is 2. The van der Waals surface area contributed by atoms with Gasteiger partial charge in [0.1, 0.15) is 80.3 Å². The van der Waals surface area contributed by atoms with Crippen LogP contribution in [0.1, 0.15) is 72.0 Å². The van der Waals surface area contributed by atoms with Gasteiger partial charge in [-0.15, -0.1) is 20.4 Å². The molecule has 0 aliphatic carbocycles. The molecule has 0 aliphatic heterocycles. The lowest BCUT2D eigenvalue weighted by Crippen LogP contribution is -2.25. The second kappa shape index (κ2) is 26.2. The molecule has 2 atom stereocenters. The third-order valence-corrected chi connectivity index (χ3v) is 16.1. The molecule has 0 saturated carbocycles. The molecule has 6 aromatic heterocycles. The van der Waals surface area contributed by atoms with Gasteiger partial charge in [-0.05, 0) is 76.2 Å². The zero-order chi connectivity index (χ0) is 57.7. The number of hydrogen-bond donors (Lipinski definition) is 2. The van der Waals surface area contributed by atoms with Crippen molar-refractivity contribution in [2.45, 2.75) is 62.5 Å². The molecule has 420 valence electrons. The van der Waals surface area contributed by atoms with Crippen LogP contribution in [0.4, 0.5) is 8.78 Å². The van der Waals surface area contributed by atoms with Gasteiger partial charge in [0.2, 0.25) is 0 Å². The maximum absolute atomic E-state index is 13.5. The fraction of sp³-hybridized carbons (Fsp3) is 0.308. The Bertz CT molecular complexity index is 3420. The van der Waals surface area contributed by atoms with E-state index in [4.69, 9.17) is 18.9 Å². The Labute approximate surface area is 459 Å². The highest BCUT2D eigenvalue weighted by molar-refractivity contribution is 7.91. The highest BCUT2D eigenvalue weighted by Gasteiger charge is 2.32. The van der Waals surface area contributed by atoms with Gasteiger partial charge in [0.25, 0.3) is 11.8 Å². The number of hydrogen-bond acceptors (Lipinski definition) is 20. The van der Waals surface area contributed by atoms with E-state index in [0.29, 0.717) is 47.5 Å². The molecule has 8 rings (SSSR count). The molecule has 0 bridgehead atoms. The molecule has 24 nitrogen and oxygen atoms in total. The number of carbonyl (C=O) groups excluding carboxylic acids is 2. The molecule has 2 amide bonds. The van der Waals surface area contributed by atoms with Crippen LogP contribution in [0.2, 0.25) is 0 Å². The van der Waals surface area contributed by atoms with E-state index in [9.17, 15) is 35.2 Å². The lowest BCUT2D eigenvalue weighted by molar-refractivity contribution is 0.0943. The summed E-state index contributed by atoms with van der Waals surface area (Å²) in [6.45, 7) is 7.46. The van der Waals surface area contributed by atoms with Gasteiger partial charge in [0.05, 0.1) is 63.7 Å². The van der Waals surface area contributed by atoms with Crippen molar-refractivity contribution >= 4 is 31.5 Å². The molecule has 0 radical (unpaired) electrons. The van der Waals surface area contributed by atoms with E-state index in [-0.39, 0.29) is 82.4 Å². The number of amides is 2. The summed E-state index contributed by atoms with van der Waals surface area (Å²) in [6, 6.07) is 19.9. The molecule has 28 heteroatoms. The van der Waals surface area contributed by atoms with Crippen molar-refractivity contribution in [3.63, 3.8) is 0 Å². The summed E-state index contributed by atoms with van der Waals surface area (Å²) in [5.74, 6) is -0.668. The summed E-state index contributed by atoms with van der Waals surface area (Å²) < 4.78 is 106. The first-order chi connectivity index (χ1) is 38.4. The molecule has 0 fully saturated rings. The van der Waals surface area contributed by atoms with Crippen LogP contribution in [-0.4, -0.2) is 140 Å². The lowest BCUT2D eigenvalue weighted by atomic mass is 10.2. The Balaban J connectivity index is 0.000000231. The molecule has 8 aromatic rings. The Morgan fingerprint density at radius 2 is 0.850 bits per heavy atom. The van der Waals surface area contributed by atoms with Gasteiger partial charge in [0.15, 0.2) is 54.6 Å². The number of nitrogens with one attached hydrogen (secondary N) is 2. The van der Waals surface area contributed by atoms with Crippen LogP contribution < -0.4 is 29.6 Å². The number of sulfone groups is 2. The fourth-order valence-corrected chi connectivity index (χ4v) is 10.4. The SMILES string of the molecule is CCNC(=O)c1cccc(-c2nnc(CS(=O)(=O)[C@@H](C)Cc3ncc(F)cn3)n2-c2c(OC)cccc2OC)n1.CCNC(=O)c1cccc(-c2nnc(CS(=O)(=O)[C@H](C)Cc3ncc(F)cn3)n2-c2c(OC)cccc2OC)n1. The smallest absolute Gasteiger partial charge is 0.269 e. The molecule has 80 heavy (non-hydrogen) atoms. The number of rotatable bonds is 22. The number of benzene rings is 2. The fourth-order valence-electron chi connectivity index (χ4n) is 7.90. The van der Waals surface area contributed by atoms with Gasteiger partial charge >= 0.3 is 0 Å². The van der Waals surface area contributed by atoms with Crippen molar-refractivity contribution in [2.75, 3.05) is 41.5 Å². The van der Waals surface area contributed by atoms with E-state index in [1.54, 1.807) is 86.6 Å². The quantitative estimate of drug-likeness (QED) is 0.0887. The van der Waals surface area contributed by atoms with E-state index < -0.39 is 53.3 Å². The van der Waals surface area contributed by atoms with Crippen molar-refractivity contribution in [1.82, 2.24) is 70.1 Å². The number of halogens is 2. The highest BCUT2D eigenvalue weighted by atomic mass is 32.2. The second-order valence-corrected chi connectivity index (χ2v) is 22.2. The first kappa shape index (κ1) is 58.8. The topological polar surface area (TPSA) is 302 Å². The van der Waals surface area contributed by atoms with E-state index in [1.807, 2.05) is 0 Å². The molecule has 2 aromatic carbocycles. The standard InChI is InChI=1S/2C26H28FN7O5S/c2*1-5-28-26(35)19-9-6-8-18(31-19)25-33-32-23(34(25)24-20(38-3)10-7-11-21(24)39-4)15-40(36,37)16(2)12-22-29-13-17(27)14-30-22/h2*6-11,13-14,16H,5,12,15H2,1-4H3,(H,28,35)/t2*16-/m10/s1. The van der Waals surface area contributed by atoms with Crippen LogP contribution in [0.25, 0.3) is 34.4 Å². The van der Waals surface area contributed by atoms with E-state index in [2.05, 4.69) is 60.9 Å². The third-order valence-electron chi connectivity index (χ3n) is 12.0. The zero-order valence-electron chi connectivity index (χ0n) is 44.7. The lowest BCUT2D eigenvalue weighted by Gasteiger charge is -2.18. The number of carbonyl (C=O) groups is 2. The molecule has 0 aliphatic rings. The number of methoxy groups -OCH3 is 4. The van der Waals surface area contributed by atoms with Gasteiger partial charge in [0, 0.05) is 25.9 Å². The van der Waals surface area contributed by atoms with Crippen LogP contribution in [0.15, 0.2) is 97.6 Å². The number of aromatic nitrogens is 12. The summed E-state index contributed by atoms with van der Waals surface area (Å²) in [5.41, 5.74) is 1.59. The highest BCUT2D eigenvalue weighted by Crippen LogP contribution is 2.38. The van der Waals surface area contributed by atoms with Gasteiger partial charge < -0.3 is 29.6 Å². The molecule has 0 unspecified atom stereocenters. The minimum Gasteiger partial charge on any atom is -0.494 e. The average Bonchev–Trinajstić information content (AvgIpc) is 4.14. The summed E-state index contributed by atoms with van der Waals surface area (Å²) in [6.07, 6.45) is 3.89. The largest absolute Gasteiger partial charge is 0.494 e. The van der Waals surface area contributed by atoms with Gasteiger partial charge in [-0.3, -0.25) is 18.7 Å². The molecule has 0 spiro atoms. The van der Waals surface area contributed by atoms with Gasteiger partial charge in [-0.2, -0.15) is 0 Å². The van der Waals surface area contributed by atoms with Crippen LogP contribution >= 0.6 is 0 Å². The Morgan fingerprint density at radius 1 is 0.525 bits per heavy atom. The minimum absolute atomic E-state index is 0.0300. The Kier molecular flexibility index (Phi) is 19.2. The van der Waals surface area contributed by atoms with Crippen LogP contribution in [-0.2, 0) is 44.0 Å². The maximum Gasteiger partial charge on any atom is 0.269 e. The molecule has 0 saturated heterocycles. The van der Waals surface area contributed by atoms with Crippen molar-refractivity contribution in [1.29, 1.82) is 0 Å². The van der Waals surface area contributed by atoms with Crippen LogP contribution in [0.3, 0.4) is 0 Å². The first-order valence-corrected chi connectivity index (χ1v) is 28.0. The monoisotopic (exact) mass is 1140 g/mol. The number of nitrogens with zero attached hydrogens (tertiary/aromatic N) is 12. The predicted octanol–water partition coefficient (Wildman–Crippen LogP) is 5.14. The normalized spacial score (nSPS) is 12.1. The van der Waals surface area contributed by atoms with E-state index in [0.717, 1.165) is 24.8 Å². The van der Waals surface area contributed by atoms with Crippen molar-refractivity contribution in [3.8, 4) is 57.4 Å². The summed E-state index contributed by atoms with van der Waals surface area (Å²) in [4.78, 5) is 49.3. The molecule has 6 heterocycles. The van der Waals surface area contributed by atoms with E-state index >= 15 is 0 Å². The molecule has 2 N–H and O–H groups in total. The third kappa shape index (κ3) is 13.7. The minimum atomic E-state index is -3.85. The Hall–Kier alpha value is -8.92. The summed E-state index contributed by atoms with van der Waals surface area (Å²) in [7, 11) is -1.83. The van der Waals surface area contributed by atoms with Crippen molar-refractivity contribution in [3.05, 3.63) is 144 Å². The van der Waals surface area contributed by atoms with Gasteiger partial charge in [-0.1, -0.05) is 24.3 Å².